The normalized spacial score (nSPS) is 23.4. The predicted molar refractivity (Wildman–Crippen MR) is 80.8 cm³/mol. The molecule has 1 saturated heterocycles. The summed E-state index contributed by atoms with van der Waals surface area (Å²) in [5, 5.41) is 0. The molecule has 0 amide bonds. The zero-order valence-electron chi connectivity index (χ0n) is 12.0. The first-order valence-electron chi connectivity index (χ1n) is 6.98. The van der Waals surface area contributed by atoms with Crippen LogP contribution in [-0.2, 0) is 9.84 Å². The van der Waals surface area contributed by atoms with Crippen LogP contribution in [0.15, 0.2) is 30.3 Å². The van der Waals surface area contributed by atoms with Gasteiger partial charge in [-0.15, -0.1) is 0 Å². The molecule has 1 aromatic rings. The summed E-state index contributed by atoms with van der Waals surface area (Å²) in [7, 11) is -0.943. The van der Waals surface area contributed by atoms with Crippen molar-refractivity contribution in [1.82, 2.24) is 15.8 Å². The minimum absolute atomic E-state index is 0.160. The molecule has 0 saturated carbocycles. The molecule has 0 radical (unpaired) electrons. The van der Waals surface area contributed by atoms with E-state index in [4.69, 9.17) is 0 Å². The van der Waals surface area contributed by atoms with Crippen LogP contribution in [-0.4, -0.2) is 44.6 Å². The van der Waals surface area contributed by atoms with E-state index >= 15 is 0 Å². The summed E-state index contributed by atoms with van der Waals surface area (Å²) < 4.78 is 23.1. The first-order valence-corrected chi connectivity index (χ1v) is 8.80. The highest BCUT2D eigenvalue weighted by Gasteiger charge is 2.27. The van der Waals surface area contributed by atoms with Gasteiger partial charge in [-0.2, -0.15) is 0 Å². The van der Waals surface area contributed by atoms with Gasteiger partial charge in [-0.3, -0.25) is 4.90 Å². The minimum Gasteiger partial charge on any atom is -0.289 e. The van der Waals surface area contributed by atoms with Crippen molar-refractivity contribution < 1.29 is 8.42 Å². The van der Waals surface area contributed by atoms with Gasteiger partial charge in [0.05, 0.1) is 11.9 Å². The fraction of sp³-hybridized carbons (Fsp3) is 0.571. The zero-order valence-corrected chi connectivity index (χ0v) is 12.9. The first kappa shape index (κ1) is 15.4. The second kappa shape index (κ2) is 6.67. The number of nitrogens with one attached hydrogen (secondary N) is 2. The maximum atomic E-state index is 11.5. The number of hydrogen-bond acceptors (Lipinski definition) is 5. The van der Waals surface area contributed by atoms with Gasteiger partial charge in [0.1, 0.15) is 0 Å². The quantitative estimate of drug-likeness (QED) is 0.817. The topological polar surface area (TPSA) is 61.4 Å². The van der Waals surface area contributed by atoms with Crippen LogP contribution < -0.4 is 10.9 Å². The molecular formula is C14H23N3O2S. The molecule has 0 aliphatic carbocycles. The summed E-state index contributed by atoms with van der Waals surface area (Å²) in [4.78, 5) is 2.06. The Balaban J connectivity index is 1.86. The number of nitrogens with zero attached hydrogens (tertiary/aromatic N) is 1. The van der Waals surface area contributed by atoms with Crippen LogP contribution in [0.5, 0.6) is 0 Å². The first-order chi connectivity index (χ1) is 9.52. The molecule has 1 aromatic carbocycles. The molecule has 0 aromatic heterocycles. The summed E-state index contributed by atoms with van der Waals surface area (Å²) >= 11 is 0. The maximum Gasteiger partial charge on any atom is 0.151 e. The smallest absolute Gasteiger partial charge is 0.151 e. The number of rotatable bonds is 6. The molecular weight excluding hydrogens is 274 g/mol. The molecule has 1 fully saturated rings. The minimum atomic E-state index is -2.90. The van der Waals surface area contributed by atoms with Gasteiger partial charge < -0.3 is 0 Å². The fourth-order valence-electron chi connectivity index (χ4n) is 2.32. The highest BCUT2D eigenvalue weighted by molar-refractivity contribution is 7.91. The average Bonchev–Trinajstić information content (AvgIpc) is 2.96. The zero-order chi connectivity index (χ0) is 14.6. The van der Waals surface area contributed by atoms with E-state index in [9.17, 15) is 8.42 Å². The largest absolute Gasteiger partial charge is 0.289 e. The second-order valence-corrected chi connectivity index (χ2v) is 7.69. The van der Waals surface area contributed by atoms with E-state index in [1.807, 2.05) is 25.2 Å². The van der Waals surface area contributed by atoms with Crippen LogP contribution in [0.25, 0.3) is 0 Å². The molecule has 2 unspecified atom stereocenters. The Bertz CT molecular complexity index is 518. The SMILES string of the molecule is CCS(=O)(=O)CCN(C)C1CC(c2ccccc2)NN1. The van der Waals surface area contributed by atoms with Crippen LogP contribution in [0.3, 0.4) is 0 Å². The summed E-state index contributed by atoms with van der Waals surface area (Å²) in [6.45, 7) is 2.24. The molecule has 1 aliphatic rings. The van der Waals surface area contributed by atoms with Gasteiger partial charge >= 0.3 is 0 Å². The van der Waals surface area contributed by atoms with Gasteiger partial charge in [-0.05, 0) is 19.0 Å². The standard InChI is InChI=1S/C14H23N3O2S/c1-3-20(18,19)10-9-17(2)14-11-13(15-16-14)12-7-5-4-6-8-12/h4-8,13-16H,3,9-11H2,1-2H3. The fourth-order valence-corrected chi connectivity index (χ4v) is 3.17. The Morgan fingerprint density at radius 1 is 1.25 bits per heavy atom. The predicted octanol–water partition coefficient (Wildman–Crippen LogP) is 0.918. The van der Waals surface area contributed by atoms with Crippen molar-refractivity contribution in [2.45, 2.75) is 25.6 Å². The molecule has 112 valence electrons. The highest BCUT2D eigenvalue weighted by atomic mass is 32.2. The van der Waals surface area contributed by atoms with Crippen molar-refractivity contribution in [2.75, 3.05) is 25.1 Å². The molecule has 2 rings (SSSR count). The molecule has 0 spiro atoms. The number of hydrazine groups is 1. The summed E-state index contributed by atoms with van der Waals surface area (Å²) in [5.41, 5.74) is 7.76. The summed E-state index contributed by atoms with van der Waals surface area (Å²) in [6.07, 6.45) is 1.08. The van der Waals surface area contributed by atoms with Gasteiger partial charge in [-0.25, -0.2) is 19.3 Å². The molecule has 2 atom stereocenters. The van der Waals surface area contributed by atoms with E-state index in [-0.39, 0.29) is 23.7 Å². The van der Waals surface area contributed by atoms with E-state index in [1.165, 1.54) is 5.56 Å². The number of sulfone groups is 1. The van der Waals surface area contributed by atoms with Gasteiger partial charge in [0.15, 0.2) is 9.84 Å². The molecule has 6 heteroatoms. The third-order valence-electron chi connectivity index (χ3n) is 3.81. The third-order valence-corrected chi connectivity index (χ3v) is 5.50. The maximum absolute atomic E-state index is 11.5. The van der Waals surface area contributed by atoms with Gasteiger partial charge in [0.2, 0.25) is 0 Å². The van der Waals surface area contributed by atoms with Crippen LogP contribution >= 0.6 is 0 Å². The Labute approximate surface area is 121 Å². The van der Waals surface area contributed by atoms with E-state index < -0.39 is 9.84 Å². The van der Waals surface area contributed by atoms with Crippen LogP contribution in [0.4, 0.5) is 0 Å². The highest BCUT2D eigenvalue weighted by Crippen LogP contribution is 2.22. The van der Waals surface area contributed by atoms with E-state index in [0.717, 1.165) is 6.42 Å². The monoisotopic (exact) mass is 297 g/mol. The summed E-state index contributed by atoms with van der Waals surface area (Å²) in [5.74, 6) is 0.429. The van der Waals surface area contributed by atoms with Crippen LogP contribution in [0, 0.1) is 0 Å². The van der Waals surface area contributed by atoms with Crippen molar-refractivity contribution in [1.29, 1.82) is 0 Å². The molecule has 5 nitrogen and oxygen atoms in total. The molecule has 1 aliphatic heterocycles. The number of hydrogen-bond donors (Lipinski definition) is 2. The Hall–Kier alpha value is -0.950. The Morgan fingerprint density at radius 2 is 1.95 bits per heavy atom. The van der Waals surface area contributed by atoms with E-state index in [1.54, 1.807) is 6.92 Å². The number of benzene rings is 1. The third kappa shape index (κ3) is 4.02. The molecule has 2 N–H and O–H groups in total. The van der Waals surface area contributed by atoms with Crippen molar-refractivity contribution in [3.63, 3.8) is 0 Å². The van der Waals surface area contributed by atoms with Gasteiger partial charge in [0.25, 0.3) is 0 Å². The van der Waals surface area contributed by atoms with Crippen molar-refractivity contribution in [2.24, 2.45) is 0 Å². The molecule has 1 heterocycles. The molecule has 0 bridgehead atoms. The van der Waals surface area contributed by atoms with Crippen molar-refractivity contribution in [3.8, 4) is 0 Å². The van der Waals surface area contributed by atoms with Gasteiger partial charge in [-0.1, -0.05) is 37.3 Å². The van der Waals surface area contributed by atoms with Crippen LogP contribution in [0.2, 0.25) is 0 Å². The lowest BCUT2D eigenvalue weighted by Gasteiger charge is -2.23. The second-order valence-electron chi connectivity index (χ2n) is 5.22. The van der Waals surface area contributed by atoms with Crippen molar-refractivity contribution >= 4 is 9.84 Å². The van der Waals surface area contributed by atoms with Crippen molar-refractivity contribution in [3.05, 3.63) is 35.9 Å². The van der Waals surface area contributed by atoms with E-state index in [2.05, 4.69) is 27.9 Å². The summed E-state index contributed by atoms with van der Waals surface area (Å²) in [6, 6.07) is 10.5. The lowest BCUT2D eigenvalue weighted by Crippen LogP contribution is -2.44. The Morgan fingerprint density at radius 3 is 2.60 bits per heavy atom. The molecule has 20 heavy (non-hydrogen) atoms. The average molecular weight is 297 g/mol. The Kier molecular flexibility index (Phi) is 5.15. The van der Waals surface area contributed by atoms with E-state index in [0.29, 0.717) is 6.54 Å². The van der Waals surface area contributed by atoms with Crippen LogP contribution in [0.1, 0.15) is 24.9 Å². The lowest BCUT2D eigenvalue weighted by atomic mass is 10.0. The van der Waals surface area contributed by atoms with Gasteiger partial charge in [0, 0.05) is 18.3 Å². The lowest BCUT2D eigenvalue weighted by molar-refractivity contribution is 0.229.